The largest absolute Gasteiger partial charge is 0.377 e. The van der Waals surface area contributed by atoms with Crippen molar-refractivity contribution in [3.63, 3.8) is 0 Å². The van der Waals surface area contributed by atoms with E-state index in [2.05, 4.69) is 12.5 Å². The van der Waals surface area contributed by atoms with Crippen molar-refractivity contribution in [3.05, 3.63) is 24.8 Å². The standard InChI is InChI=1S/C8H10O/c1-3-5-6-7-8(9)4-2/h2-3,6-9H,1,5H2/b7-6+. The van der Waals surface area contributed by atoms with Gasteiger partial charge in [0.05, 0.1) is 0 Å². The van der Waals surface area contributed by atoms with Crippen molar-refractivity contribution in [1.82, 2.24) is 0 Å². The van der Waals surface area contributed by atoms with Crippen molar-refractivity contribution >= 4 is 0 Å². The van der Waals surface area contributed by atoms with E-state index in [9.17, 15) is 0 Å². The Bertz CT molecular complexity index is 139. The predicted octanol–water partition coefficient (Wildman–Crippen LogP) is 1.11. The average Bonchev–Trinajstić information content (AvgIpc) is 1.89. The molecule has 0 heterocycles. The van der Waals surface area contributed by atoms with Gasteiger partial charge in [-0.05, 0) is 12.5 Å². The summed E-state index contributed by atoms with van der Waals surface area (Å²) in [5.41, 5.74) is 0. The predicted molar refractivity (Wildman–Crippen MR) is 38.8 cm³/mol. The van der Waals surface area contributed by atoms with Crippen molar-refractivity contribution < 1.29 is 5.11 Å². The van der Waals surface area contributed by atoms with Crippen LogP contribution in [0.25, 0.3) is 0 Å². The van der Waals surface area contributed by atoms with Gasteiger partial charge < -0.3 is 5.11 Å². The highest BCUT2D eigenvalue weighted by Gasteiger charge is 1.85. The van der Waals surface area contributed by atoms with Crippen LogP contribution in [0.3, 0.4) is 0 Å². The summed E-state index contributed by atoms with van der Waals surface area (Å²) in [7, 11) is 0. The molecule has 9 heavy (non-hydrogen) atoms. The van der Waals surface area contributed by atoms with Crippen molar-refractivity contribution in [3.8, 4) is 12.3 Å². The molecule has 0 aliphatic heterocycles. The van der Waals surface area contributed by atoms with Crippen LogP contribution in [0.4, 0.5) is 0 Å². The Balaban J connectivity index is 3.46. The highest BCUT2D eigenvalue weighted by Crippen LogP contribution is 1.86. The number of rotatable bonds is 3. The van der Waals surface area contributed by atoms with Gasteiger partial charge in [0, 0.05) is 0 Å². The van der Waals surface area contributed by atoms with Crippen LogP contribution in [0.15, 0.2) is 24.8 Å². The molecule has 0 aliphatic carbocycles. The van der Waals surface area contributed by atoms with Gasteiger partial charge in [-0.25, -0.2) is 0 Å². The van der Waals surface area contributed by atoms with E-state index in [-0.39, 0.29) is 0 Å². The lowest BCUT2D eigenvalue weighted by Gasteiger charge is -1.89. The fourth-order valence-electron chi connectivity index (χ4n) is 0.359. The third kappa shape index (κ3) is 4.86. The first-order chi connectivity index (χ1) is 4.31. The molecule has 1 heteroatoms. The second-order valence-corrected chi connectivity index (χ2v) is 1.56. The van der Waals surface area contributed by atoms with E-state index in [1.54, 1.807) is 18.2 Å². The molecule has 0 bridgehead atoms. The van der Waals surface area contributed by atoms with Crippen LogP contribution in [0.1, 0.15) is 6.42 Å². The zero-order chi connectivity index (χ0) is 7.11. The lowest BCUT2D eigenvalue weighted by molar-refractivity contribution is 0.280. The number of aliphatic hydroxyl groups excluding tert-OH is 1. The Morgan fingerprint density at radius 2 is 2.44 bits per heavy atom. The number of hydrogen-bond acceptors (Lipinski definition) is 1. The van der Waals surface area contributed by atoms with Crippen LogP contribution < -0.4 is 0 Å². The van der Waals surface area contributed by atoms with Gasteiger partial charge in [-0.1, -0.05) is 18.1 Å². The molecule has 1 unspecified atom stereocenters. The molecule has 0 fully saturated rings. The van der Waals surface area contributed by atoms with Crippen molar-refractivity contribution in [2.24, 2.45) is 0 Å². The topological polar surface area (TPSA) is 20.2 Å². The monoisotopic (exact) mass is 122 g/mol. The SMILES string of the molecule is C#CC(O)/C=C/CC=C. The third-order valence-electron chi connectivity index (χ3n) is 0.792. The molecule has 1 atom stereocenters. The van der Waals surface area contributed by atoms with E-state index in [0.717, 1.165) is 6.42 Å². The minimum Gasteiger partial charge on any atom is -0.377 e. The first-order valence-electron chi connectivity index (χ1n) is 2.73. The summed E-state index contributed by atoms with van der Waals surface area (Å²) in [5, 5.41) is 8.73. The fraction of sp³-hybridized carbons (Fsp3) is 0.250. The summed E-state index contributed by atoms with van der Waals surface area (Å²) in [6.45, 7) is 3.50. The van der Waals surface area contributed by atoms with E-state index in [0.29, 0.717) is 0 Å². The average molecular weight is 122 g/mol. The van der Waals surface area contributed by atoms with E-state index in [1.165, 1.54) is 0 Å². The summed E-state index contributed by atoms with van der Waals surface area (Å²) in [6, 6.07) is 0. The molecule has 1 N–H and O–H groups in total. The van der Waals surface area contributed by atoms with Crippen molar-refractivity contribution in [2.75, 3.05) is 0 Å². The van der Waals surface area contributed by atoms with E-state index in [4.69, 9.17) is 11.5 Å². The maximum atomic E-state index is 8.73. The van der Waals surface area contributed by atoms with Gasteiger partial charge in [-0.2, -0.15) is 0 Å². The zero-order valence-electron chi connectivity index (χ0n) is 5.25. The Hall–Kier alpha value is -1.00. The van der Waals surface area contributed by atoms with Crippen LogP contribution in [0.2, 0.25) is 0 Å². The molecule has 48 valence electrons. The lowest BCUT2D eigenvalue weighted by atomic mass is 10.3. The quantitative estimate of drug-likeness (QED) is 0.439. The van der Waals surface area contributed by atoms with Gasteiger partial charge in [0.25, 0.3) is 0 Å². The maximum Gasteiger partial charge on any atom is 0.133 e. The van der Waals surface area contributed by atoms with E-state index < -0.39 is 6.10 Å². The van der Waals surface area contributed by atoms with Gasteiger partial charge in [-0.3, -0.25) is 0 Å². The minimum absolute atomic E-state index is 0.745. The summed E-state index contributed by atoms with van der Waals surface area (Å²) >= 11 is 0. The smallest absolute Gasteiger partial charge is 0.133 e. The molecular weight excluding hydrogens is 112 g/mol. The van der Waals surface area contributed by atoms with Gasteiger partial charge in [0.15, 0.2) is 0 Å². The van der Waals surface area contributed by atoms with Crippen LogP contribution in [0, 0.1) is 12.3 Å². The highest BCUT2D eigenvalue weighted by atomic mass is 16.3. The maximum absolute atomic E-state index is 8.73. The molecule has 0 rings (SSSR count). The van der Waals surface area contributed by atoms with Gasteiger partial charge >= 0.3 is 0 Å². The molecule has 0 aromatic heterocycles. The third-order valence-corrected chi connectivity index (χ3v) is 0.792. The Morgan fingerprint density at radius 3 is 2.89 bits per heavy atom. The summed E-state index contributed by atoms with van der Waals surface area (Å²) < 4.78 is 0. The van der Waals surface area contributed by atoms with E-state index >= 15 is 0 Å². The first kappa shape index (κ1) is 8.00. The van der Waals surface area contributed by atoms with Crippen molar-refractivity contribution in [2.45, 2.75) is 12.5 Å². The number of aliphatic hydroxyl groups is 1. The molecule has 0 amide bonds. The van der Waals surface area contributed by atoms with Gasteiger partial charge in [0.1, 0.15) is 6.10 Å². The first-order valence-corrected chi connectivity index (χ1v) is 2.73. The fourth-order valence-corrected chi connectivity index (χ4v) is 0.359. The molecule has 0 saturated heterocycles. The highest BCUT2D eigenvalue weighted by molar-refractivity contribution is 5.06. The molecule has 0 aromatic rings. The van der Waals surface area contributed by atoms with Crippen LogP contribution in [-0.4, -0.2) is 11.2 Å². The summed E-state index contributed by atoms with van der Waals surface area (Å²) in [4.78, 5) is 0. The summed E-state index contributed by atoms with van der Waals surface area (Å²) in [6.07, 6.45) is 9.95. The molecule has 0 saturated carbocycles. The molecule has 0 radical (unpaired) electrons. The van der Waals surface area contributed by atoms with E-state index in [1.807, 2.05) is 0 Å². The Kier molecular flexibility index (Phi) is 4.57. The minimum atomic E-state index is -0.745. The molecule has 0 aliphatic rings. The zero-order valence-corrected chi connectivity index (χ0v) is 5.25. The van der Waals surface area contributed by atoms with Crippen LogP contribution in [0.5, 0.6) is 0 Å². The summed E-state index contributed by atoms with van der Waals surface area (Å²) in [5.74, 6) is 2.16. The lowest BCUT2D eigenvalue weighted by Crippen LogP contribution is -1.94. The van der Waals surface area contributed by atoms with Gasteiger partial charge in [-0.15, -0.1) is 13.0 Å². The van der Waals surface area contributed by atoms with Crippen molar-refractivity contribution in [1.29, 1.82) is 0 Å². The Morgan fingerprint density at radius 1 is 1.78 bits per heavy atom. The second-order valence-electron chi connectivity index (χ2n) is 1.56. The Labute approximate surface area is 55.7 Å². The van der Waals surface area contributed by atoms with Gasteiger partial charge in [0.2, 0.25) is 0 Å². The molecule has 1 nitrogen and oxygen atoms in total. The molecular formula is C8H10O. The normalized spacial score (nSPS) is 12.9. The second kappa shape index (κ2) is 5.14. The molecule has 0 spiro atoms. The number of hydrogen-bond donors (Lipinski definition) is 1. The van der Waals surface area contributed by atoms with Crippen LogP contribution in [-0.2, 0) is 0 Å². The molecule has 0 aromatic carbocycles. The number of terminal acetylenes is 1. The number of allylic oxidation sites excluding steroid dienone is 2. The van der Waals surface area contributed by atoms with Crippen LogP contribution >= 0.6 is 0 Å².